The molecule has 0 saturated heterocycles. The Morgan fingerprint density at radius 1 is 1.00 bits per heavy atom. The lowest BCUT2D eigenvalue weighted by atomic mass is 10.1. The molecule has 2 aromatic rings. The molecule has 0 fully saturated rings. The first-order valence-corrected chi connectivity index (χ1v) is 4.44. The minimum Gasteiger partial charge on any atom is -0.289 e. The first kappa shape index (κ1) is 10.4. The van der Waals surface area contributed by atoms with Gasteiger partial charge in [-0.05, 0) is 18.2 Å². The maximum Gasteiger partial charge on any atom is 0.194 e. The number of carbonyl (C=O) groups excluding carboxylic acids is 1. The van der Waals surface area contributed by atoms with Crippen molar-refractivity contribution < 1.29 is 13.6 Å². The molecule has 0 unspecified atom stereocenters. The Morgan fingerprint density at radius 3 is 2.25 bits per heavy atom. The maximum absolute atomic E-state index is 12.9. The van der Waals surface area contributed by atoms with Crippen molar-refractivity contribution in [3.63, 3.8) is 0 Å². The molecule has 0 aliphatic heterocycles. The van der Waals surface area contributed by atoms with Gasteiger partial charge in [-0.1, -0.05) is 0 Å². The van der Waals surface area contributed by atoms with Gasteiger partial charge >= 0.3 is 0 Å². The summed E-state index contributed by atoms with van der Waals surface area (Å²) in [5.41, 5.74) is 0.186. The summed E-state index contributed by atoms with van der Waals surface area (Å²) in [6.45, 7) is 0. The van der Waals surface area contributed by atoms with Crippen LogP contribution in [0.3, 0.4) is 0 Å². The van der Waals surface area contributed by atoms with Gasteiger partial charge in [-0.2, -0.15) is 10.2 Å². The van der Waals surface area contributed by atoms with Gasteiger partial charge in [0.1, 0.15) is 11.6 Å². The van der Waals surface area contributed by atoms with Crippen LogP contribution in [0.5, 0.6) is 0 Å². The van der Waals surface area contributed by atoms with E-state index in [9.17, 15) is 13.6 Å². The van der Waals surface area contributed by atoms with E-state index in [1.165, 1.54) is 18.5 Å². The van der Waals surface area contributed by atoms with E-state index in [-0.39, 0.29) is 11.1 Å². The average molecular weight is 220 g/mol. The van der Waals surface area contributed by atoms with E-state index >= 15 is 0 Å². The fraction of sp³-hybridized carbons (Fsp3) is 0. The van der Waals surface area contributed by atoms with Crippen LogP contribution in [-0.2, 0) is 0 Å². The number of nitrogens with zero attached hydrogens (tertiary/aromatic N) is 2. The van der Waals surface area contributed by atoms with Gasteiger partial charge in [-0.15, -0.1) is 0 Å². The summed E-state index contributed by atoms with van der Waals surface area (Å²) < 4.78 is 25.8. The van der Waals surface area contributed by atoms with E-state index in [1.807, 2.05) is 0 Å². The third kappa shape index (κ3) is 2.08. The third-order valence-corrected chi connectivity index (χ3v) is 1.97. The van der Waals surface area contributed by atoms with E-state index in [0.29, 0.717) is 6.07 Å². The normalized spacial score (nSPS) is 10.1. The second kappa shape index (κ2) is 4.14. The smallest absolute Gasteiger partial charge is 0.194 e. The highest BCUT2D eigenvalue weighted by molar-refractivity contribution is 6.08. The Labute approximate surface area is 89.8 Å². The molecule has 16 heavy (non-hydrogen) atoms. The number of hydrogen-bond donors (Lipinski definition) is 0. The zero-order chi connectivity index (χ0) is 11.5. The molecule has 1 aromatic carbocycles. The summed E-state index contributed by atoms with van der Waals surface area (Å²) in [7, 11) is 0. The van der Waals surface area contributed by atoms with Crippen molar-refractivity contribution in [3.05, 3.63) is 59.4 Å². The maximum atomic E-state index is 12.9. The van der Waals surface area contributed by atoms with Gasteiger partial charge in [0, 0.05) is 17.2 Å². The van der Waals surface area contributed by atoms with E-state index in [0.717, 1.165) is 12.1 Å². The van der Waals surface area contributed by atoms with Crippen LogP contribution in [-0.4, -0.2) is 16.0 Å². The lowest BCUT2D eigenvalue weighted by Gasteiger charge is -2.00. The molecule has 3 nitrogen and oxygen atoms in total. The van der Waals surface area contributed by atoms with E-state index < -0.39 is 17.4 Å². The number of benzene rings is 1. The molecule has 2 rings (SSSR count). The molecule has 5 heteroatoms. The van der Waals surface area contributed by atoms with E-state index in [1.54, 1.807) is 0 Å². The number of ketones is 1. The molecule has 0 aliphatic rings. The number of aromatic nitrogens is 2. The predicted octanol–water partition coefficient (Wildman–Crippen LogP) is 1.99. The molecular formula is C11H6F2N2O. The van der Waals surface area contributed by atoms with Crippen LogP contribution >= 0.6 is 0 Å². The Kier molecular flexibility index (Phi) is 2.68. The lowest BCUT2D eigenvalue weighted by Crippen LogP contribution is -2.03. The molecule has 1 heterocycles. The largest absolute Gasteiger partial charge is 0.289 e. The molecule has 0 radical (unpaired) electrons. The highest BCUT2D eigenvalue weighted by Gasteiger charge is 2.11. The zero-order valence-electron chi connectivity index (χ0n) is 8.02. The van der Waals surface area contributed by atoms with Crippen molar-refractivity contribution in [2.45, 2.75) is 0 Å². The Morgan fingerprint density at radius 2 is 1.69 bits per heavy atom. The number of halogens is 2. The molecule has 0 aliphatic carbocycles. The van der Waals surface area contributed by atoms with Gasteiger partial charge in [0.15, 0.2) is 5.78 Å². The predicted molar refractivity (Wildman–Crippen MR) is 51.8 cm³/mol. The van der Waals surface area contributed by atoms with Crippen molar-refractivity contribution in [2.75, 3.05) is 0 Å². The van der Waals surface area contributed by atoms with Crippen LogP contribution in [0.2, 0.25) is 0 Å². The minimum absolute atomic E-state index is 0.0505. The minimum atomic E-state index is -0.787. The average Bonchev–Trinajstić information content (AvgIpc) is 2.28. The van der Waals surface area contributed by atoms with Gasteiger partial charge in [0.2, 0.25) is 0 Å². The van der Waals surface area contributed by atoms with Crippen LogP contribution < -0.4 is 0 Å². The molecule has 0 N–H and O–H groups in total. The summed E-state index contributed by atoms with van der Waals surface area (Å²) >= 11 is 0. The van der Waals surface area contributed by atoms with Crippen molar-refractivity contribution in [1.29, 1.82) is 0 Å². The molecule has 0 amide bonds. The molecular weight excluding hydrogens is 214 g/mol. The van der Waals surface area contributed by atoms with Gasteiger partial charge < -0.3 is 0 Å². The highest BCUT2D eigenvalue weighted by atomic mass is 19.1. The molecule has 0 atom stereocenters. The summed E-state index contributed by atoms with van der Waals surface area (Å²) in [4.78, 5) is 11.7. The summed E-state index contributed by atoms with van der Waals surface area (Å²) in [6.07, 6.45) is 2.58. The van der Waals surface area contributed by atoms with Crippen LogP contribution in [0.1, 0.15) is 15.9 Å². The van der Waals surface area contributed by atoms with Crippen LogP contribution in [0.4, 0.5) is 8.78 Å². The topological polar surface area (TPSA) is 42.9 Å². The van der Waals surface area contributed by atoms with Crippen molar-refractivity contribution in [3.8, 4) is 0 Å². The van der Waals surface area contributed by atoms with E-state index in [2.05, 4.69) is 10.2 Å². The molecule has 0 spiro atoms. The van der Waals surface area contributed by atoms with Gasteiger partial charge in [0.25, 0.3) is 0 Å². The lowest BCUT2D eigenvalue weighted by molar-refractivity contribution is 0.103. The third-order valence-electron chi connectivity index (χ3n) is 1.97. The second-order valence-electron chi connectivity index (χ2n) is 3.12. The quantitative estimate of drug-likeness (QED) is 0.727. The van der Waals surface area contributed by atoms with Gasteiger partial charge in [-0.25, -0.2) is 8.78 Å². The van der Waals surface area contributed by atoms with Crippen molar-refractivity contribution in [2.24, 2.45) is 0 Å². The molecule has 1 aromatic heterocycles. The number of carbonyl (C=O) groups is 1. The summed E-state index contributed by atoms with van der Waals surface area (Å²) in [6, 6.07) is 4.09. The Hall–Kier alpha value is -2.17. The fourth-order valence-corrected chi connectivity index (χ4v) is 1.28. The summed E-state index contributed by atoms with van der Waals surface area (Å²) in [5, 5.41) is 7.02. The second-order valence-corrected chi connectivity index (χ2v) is 3.12. The first-order valence-electron chi connectivity index (χ1n) is 4.44. The monoisotopic (exact) mass is 220 g/mol. The van der Waals surface area contributed by atoms with Crippen molar-refractivity contribution >= 4 is 5.78 Å². The highest BCUT2D eigenvalue weighted by Crippen LogP contribution is 2.12. The standard InChI is InChI=1S/C11H6F2N2O/c12-9-3-8(4-10(13)5-9)11(16)7-1-2-14-15-6-7/h1-6H. The molecule has 80 valence electrons. The first-order chi connectivity index (χ1) is 7.66. The Balaban J connectivity index is 2.42. The SMILES string of the molecule is O=C(c1ccnnc1)c1cc(F)cc(F)c1. The van der Waals surface area contributed by atoms with Crippen LogP contribution in [0.15, 0.2) is 36.7 Å². The Bertz CT molecular complexity index is 509. The van der Waals surface area contributed by atoms with Crippen LogP contribution in [0.25, 0.3) is 0 Å². The molecule has 0 bridgehead atoms. The van der Waals surface area contributed by atoms with Crippen molar-refractivity contribution in [1.82, 2.24) is 10.2 Å². The number of rotatable bonds is 2. The van der Waals surface area contributed by atoms with E-state index in [4.69, 9.17) is 0 Å². The summed E-state index contributed by atoms with van der Waals surface area (Å²) in [5.74, 6) is -2.07. The fourth-order valence-electron chi connectivity index (χ4n) is 1.28. The molecule has 0 saturated carbocycles. The van der Waals surface area contributed by atoms with Crippen LogP contribution in [0, 0.1) is 11.6 Å². The van der Waals surface area contributed by atoms with Gasteiger partial charge in [0.05, 0.1) is 12.4 Å². The van der Waals surface area contributed by atoms with Gasteiger partial charge in [-0.3, -0.25) is 4.79 Å². The number of hydrogen-bond acceptors (Lipinski definition) is 3. The zero-order valence-corrected chi connectivity index (χ0v) is 8.02.